The van der Waals surface area contributed by atoms with Gasteiger partial charge < -0.3 is 16.4 Å². The molecule has 1 aromatic rings. The molecule has 18 heavy (non-hydrogen) atoms. The second kappa shape index (κ2) is 7.60. The summed E-state index contributed by atoms with van der Waals surface area (Å²) in [5.41, 5.74) is 6.91. The number of amides is 2. The van der Waals surface area contributed by atoms with Gasteiger partial charge in [0, 0.05) is 30.6 Å². The van der Waals surface area contributed by atoms with Gasteiger partial charge in [-0.2, -0.15) is 11.8 Å². The molecule has 0 fully saturated rings. The summed E-state index contributed by atoms with van der Waals surface area (Å²) in [5, 5.41) is 5.28. The number of nitrogen functional groups attached to an aromatic ring is 1. The Morgan fingerprint density at radius 3 is 2.78 bits per heavy atom. The predicted octanol–water partition coefficient (Wildman–Crippen LogP) is 1.08. The molecule has 5 nitrogen and oxygen atoms in total. The van der Waals surface area contributed by atoms with Crippen molar-refractivity contribution in [2.45, 2.75) is 6.42 Å². The third kappa shape index (κ3) is 5.58. The highest BCUT2D eigenvalue weighted by molar-refractivity contribution is 7.99. The molecule has 1 aromatic carbocycles. The molecule has 0 saturated carbocycles. The Morgan fingerprint density at radius 2 is 2.11 bits per heavy atom. The van der Waals surface area contributed by atoms with Gasteiger partial charge in [0.25, 0.3) is 0 Å². The number of hydrogen-bond acceptors (Lipinski definition) is 4. The number of nitrogens with one attached hydrogen (secondary N) is 2. The van der Waals surface area contributed by atoms with E-state index in [1.54, 1.807) is 31.3 Å². The Bertz CT molecular complexity index is 424. The van der Waals surface area contributed by atoms with Gasteiger partial charge in [0.05, 0.1) is 5.75 Å². The third-order valence-electron chi connectivity index (χ3n) is 2.16. The number of anilines is 2. The molecule has 0 aliphatic rings. The minimum Gasteiger partial charge on any atom is -0.399 e. The van der Waals surface area contributed by atoms with Crippen molar-refractivity contribution in [1.29, 1.82) is 0 Å². The van der Waals surface area contributed by atoms with Crippen molar-refractivity contribution in [1.82, 2.24) is 5.32 Å². The lowest BCUT2D eigenvalue weighted by molar-refractivity contribution is -0.118. The molecule has 98 valence electrons. The Morgan fingerprint density at radius 1 is 1.33 bits per heavy atom. The number of nitrogens with two attached hydrogens (primary N) is 1. The highest BCUT2D eigenvalue weighted by Gasteiger charge is 2.04. The molecule has 0 bridgehead atoms. The Balaban J connectivity index is 2.24. The summed E-state index contributed by atoms with van der Waals surface area (Å²) in [6, 6.07) is 7.03. The van der Waals surface area contributed by atoms with Crippen LogP contribution in [0.3, 0.4) is 0 Å². The van der Waals surface area contributed by atoms with Crippen molar-refractivity contribution < 1.29 is 9.59 Å². The smallest absolute Gasteiger partial charge is 0.229 e. The maximum Gasteiger partial charge on any atom is 0.229 e. The van der Waals surface area contributed by atoms with Gasteiger partial charge in [-0.25, -0.2) is 0 Å². The van der Waals surface area contributed by atoms with Crippen LogP contribution in [0.25, 0.3) is 0 Å². The summed E-state index contributed by atoms with van der Waals surface area (Å²) in [4.78, 5) is 22.5. The van der Waals surface area contributed by atoms with E-state index < -0.39 is 0 Å². The van der Waals surface area contributed by atoms with Crippen LogP contribution in [-0.4, -0.2) is 30.4 Å². The normalized spacial score (nSPS) is 9.83. The lowest BCUT2D eigenvalue weighted by atomic mass is 10.3. The third-order valence-corrected chi connectivity index (χ3v) is 3.11. The Labute approximate surface area is 111 Å². The zero-order chi connectivity index (χ0) is 13.4. The fourth-order valence-corrected chi connectivity index (χ4v) is 2.05. The van der Waals surface area contributed by atoms with Crippen LogP contribution >= 0.6 is 11.8 Å². The molecule has 0 atom stereocenters. The number of carbonyl (C=O) groups excluding carboxylic acids is 2. The molecule has 4 N–H and O–H groups in total. The van der Waals surface area contributed by atoms with Crippen LogP contribution in [0.1, 0.15) is 6.42 Å². The van der Waals surface area contributed by atoms with Crippen LogP contribution in [0.5, 0.6) is 0 Å². The number of thioether (sulfide) groups is 1. The summed E-state index contributed by atoms with van der Waals surface area (Å²) in [7, 11) is 1.59. The fourth-order valence-electron chi connectivity index (χ4n) is 1.24. The van der Waals surface area contributed by atoms with Crippen molar-refractivity contribution in [3.8, 4) is 0 Å². The van der Waals surface area contributed by atoms with Gasteiger partial charge in [-0.15, -0.1) is 0 Å². The SMILES string of the molecule is CNC(=O)CSCCC(=O)Nc1cccc(N)c1. The molecule has 0 spiro atoms. The summed E-state index contributed by atoms with van der Waals surface area (Å²) < 4.78 is 0. The second-order valence-electron chi connectivity index (χ2n) is 3.65. The largest absolute Gasteiger partial charge is 0.399 e. The minimum absolute atomic E-state index is 0.0313. The second-order valence-corrected chi connectivity index (χ2v) is 4.75. The molecule has 1 rings (SSSR count). The van der Waals surface area contributed by atoms with E-state index in [1.165, 1.54) is 11.8 Å². The number of rotatable bonds is 6. The molecule has 0 aliphatic heterocycles. The lowest BCUT2D eigenvalue weighted by Gasteiger charge is -2.05. The van der Waals surface area contributed by atoms with Gasteiger partial charge in [-0.3, -0.25) is 9.59 Å². The number of carbonyl (C=O) groups is 2. The van der Waals surface area contributed by atoms with Gasteiger partial charge in [0.15, 0.2) is 0 Å². The van der Waals surface area contributed by atoms with Crippen LogP contribution in [0.2, 0.25) is 0 Å². The average molecular weight is 267 g/mol. The lowest BCUT2D eigenvalue weighted by Crippen LogP contribution is -2.20. The quantitative estimate of drug-likeness (QED) is 0.532. The van der Waals surface area contributed by atoms with Crippen molar-refractivity contribution >= 4 is 35.0 Å². The minimum atomic E-state index is -0.0787. The van der Waals surface area contributed by atoms with E-state index in [-0.39, 0.29) is 11.8 Å². The molecule has 0 unspecified atom stereocenters. The molecule has 2 amide bonds. The summed E-state index contributed by atoms with van der Waals surface area (Å²) in [6.45, 7) is 0. The van der Waals surface area contributed by atoms with Gasteiger partial charge in [0.1, 0.15) is 0 Å². The first kappa shape index (κ1) is 14.4. The molecule has 6 heteroatoms. The maximum absolute atomic E-state index is 11.6. The van der Waals surface area contributed by atoms with Crippen LogP contribution in [0.4, 0.5) is 11.4 Å². The Hall–Kier alpha value is -1.69. The summed E-state index contributed by atoms with van der Waals surface area (Å²) in [6.07, 6.45) is 0.371. The van der Waals surface area contributed by atoms with Gasteiger partial charge in [-0.05, 0) is 18.2 Å². The molecule has 0 saturated heterocycles. The van der Waals surface area contributed by atoms with E-state index in [1.807, 2.05) is 0 Å². The van der Waals surface area contributed by atoms with Crippen LogP contribution in [0.15, 0.2) is 24.3 Å². The molecule has 0 aliphatic carbocycles. The first-order valence-corrected chi connectivity index (χ1v) is 6.71. The highest BCUT2D eigenvalue weighted by Crippen LogP contribution is 2.12. The standard InChI is InChI=1S/C12H17N3O2S/c1-14-12(17)8-18-6-5-11(16)15-10-4-2-3-9(13)7-10/h2-4,7H,5-6,8,13H2,1H3,(H,14,17)(H,15,16). The number of hydrogen-bond donors (Lipinski definition) is 3. The van der Waals surface area contributed by atoms with Crippen LogP contribution in [-0.2, 0) is 9.59 Å². The van der Waals surface area contributed by atoms with E-state index in [0.717, 1.165) is 0 Å². The van der Waals surface area contributed by atoms with Gasteiger partial charge in [-0.1, -0.05) is 6.07 Å². The van der Waals surface area contributed by atoms with Gasteiger partial charge >= 0.3 is 0 Å². The molecule has 0 aromatic heterocycles. The topological polar surface area (TPSA) is 84.2 Å². The summed E-state index contributed by atoms with van der Waals surface area (Å²) in [5.74, 6) is 0.880. The monoisotopic (exact) mass is 267 g/mol. The molecule has 0 radical (unpaired) electrons. The highest BCUT2D eigenvalue weighted by atomic mass is 32.2. The molecular weight excluding hydrogens is 250 g/mol. The summed E-state index contributed by atoms with van der Waals surface area (Å²) >= 11 is 1.43. The van der Waals surface area contributed by atoms with E-state index in [2.05, 4.69) is 10.6 Å². The van der Waals surface area contributed by atoms with Crippen molar-refractivity contribution in [3.05, 3.63) is 24.3 Å². The van der Waals surface area contributed by atoms with Crippen LogP contribution in [0, 0.1) is 0 Å². The first-order valence-electron chi connectivity index (χ1n) is 5.55. The maximum atomic E-state index is 11.6. The van der Waals surface area contributed by atoms with Crippen molar-refractivity contribution in [2.75, 3.05) is 29.6 Å². The zero-order valence-corrected chi connectivity index (χ0v) is 11.0. The molecule has 0 heterocycles. The molecular formula is C12H17N3O2S. The van der Waals surface area contributed by atoms with Gasteiger partial charge in [0.2, 0.25) is 11.8 Å². The van der Waals surface area contributed by atoms with Crippen molar-refractivity contribution in [2.24, 2.45) is 0 Å². The zero-order valence-electron chi connectivity index (χ0n) is 10.2. The average Bonchev–Trinajstić information content (AvgIpc) is 2.34. The van der Waals surface area contributed by atoms with E-state index >= 15 is 0 Å². The fraction of sp³-hybridized carbons (Fsp3) is 0.333. The number of benzene rings is 1. The Kier molecular flexibility index (Phi) is 6.07. The van der Waals surface area contributed by atoms with E-state index in [9.17, 15) is 9.59 Å². The predicted molar refractivity (Wildman–Crippen MR) is 75.5 cm³/mol. The van der Waals surface area contributed by atoms with Crippen molar-refractivity contribution in [3.63, 3.8) is 0 Å². The van der Waals surface area contributed by atoms with E-state index in [0.29, 0.717) is 29.3 Å². The van der Waals surface area contributed by atoms with E-state index in [4.69, 9.17) is 5.73 Å². The first-order chi connectivity index (χ1) is 8.61. The van der Waals surface area contributed by atoms with Crippen LogP contribution < -0.4 is 16.4 Å².